The molecule has 1 aliphatic heterocycles. The molecule has 7 heteroatoms. The van der Waals surface area contributed by atoms with Gasteiger partial charge in [-0.1, -0.05) is 6.92 Å². The smallest absolute Gasteiger partial charge is 0.296 e. The van der Waals surface area contributed by atoms with Gasteiger partial charge in [0.15, 0.2) is 0 Å². The topological polar surface area (TPSA) is 84.3 Å². The van der Waals surface area contributed by atoms with E-state index in [1.807, 2.05) is 0 Å². The molecule has 1 aliphatic rings. The molecule has 0 bridgehead atoms. The Bertz CT molecular complexity index is 504. The zero-order chi connectivity index (χ0) is 12.6. The fraction of sp³-hybridized carbons (Fsp3) is 0.300. The molecule has 90 valence electrons. The van der Waals surface area contributed by atoms with Gasteiger partial charge in [-0.05, 0) is 12.6 Å². The van der Waals surface area contributed by atoms with E-state index in [0.717, 1.165) is 12.1 Å². The minimum atomic E-state index is -0.732. The summed E-state index contributed by atoms with van der Waals surface area (Å²) in [6.45, 7) is 2.29. The molecule has 17 heavy (non-hydrogen) atoms. The van der Waals surface area contributed by atoms with Gasteiger partial charge in [-0.3, -0.25) is 14.9 Å². The second kappa shape index (κ2) is 4.10. The van der Waals surface area contributed by atoms with Crippen LogP contribution in [0.15, 0.2) is 12.1 Å². The van der Waals surface area contributed by atoms with Crippen LogP contribution in [-0.4, -0.2) is 17.4 Å². The summed E-state index contributed by atoms with van der Waals surface area (Å²) in [6, 6.07) is 1.20. The molecule has 0 fully saturated rings. The molecule has 1 atom stereocenters. The van der Waals surface area contributed by atoms with Crippen LogP contribution in [0.4, 0.5) is 15.8 Å². The number of likely N-dealkylation sites (N-methyl/N-ethyl adjacent to an activating group) is 1. The van der Waals surface area contributed by atoms with Crippen molar-refractivity contribution >= 4 is 17.3 Å². The van der Waals surface area contributed by atoms with Gasteiger partial charge in [-0.25, -0.2) is 4.39 Å². The molecule has 2 N–H and O–H groups in total. The van der Waals surface area contributed by atoms with Crippen LogP contribution in [0.25, 0.3) is 0 Å². The summed E-state index contributed by atoms with van der Waals surface area (Å²) in [5.74, 6) is -1.13. The fourth-order valence-corrected chi connectivity index (χ4v) is 1.86. The van der Waals surface area contributed by atoms with Crippen LogP contribution in [0, 0.1) is 15.9 Å². The number of nitro benzene ring substituents is 1. The minimum Gasteiger partial charge on any atom is -0.318 e. The van der Waals surface area contributed by atoms with E-state index in [2.05, 4.69) is 10.6 Å². The lowest BCUT2D eigenvalue weighted by Gasteiger charge is -2.08. The van der Waals surface area contributed by atoms with E-state index in [1.165, 1.54) is 0 Å². The summed E-state index contributed by atoms with van der Waals surface area (Å²) in [5.41, 5.74) is -0.0651. The number of anilines is 1. The first-order chi connectivity index (χ1) is 8.04. The van der Waals surface area contributed by atoms with Crippen LogP contribution in [-0.2, 0) is 4.79 Å². The van der Waals surface area contributed by atoms with Crippen LogP contribution in [0.1, 0.15) is 18.5 Å². The third-order valence-electron chi connectivity index (χ3n) is 2.54. The molecule has 0 saturated carbocycles. The highest BCUT2D eigenvalue weighted by Gasteiger charge is 2.35. The molecule has 0 radical (unpaired) electrons. The first-order valence-electron chi connectivity index (χ1n) is 5.06. The lowest BCUT2D eigenvalue weighted by molar-refractivity contribution is -0.384. The van der Waals surface area contributed by atoms with Gasteiger partial charge in [-0.2, -0.15) is 0 Å². The lowest BCUT2D eigenvalue weighted by Crippen LogP contribution is -2.27. The summed E-state index contributed by atoms with van der Waals surface area (Å²) in [7, 11) is 0. The Morgan fingerprint density at radius 2 is 2.29 bits per heavy atom. The van der Waals surface area contributed by atoms with E-state index in [4.69, 9.17) is 0 Å². The first kappa shape index (κ1) is 11.5. The Morgan fingerprint density at radius 3 is 2.88 bits per heavy atom. The summed E-state index contributed by atoms with van der Waals surface area (Å²) in [4.78, 5) is 21.6. The van der Waals surface area contributed by atoms with Crippen molar-refractivity contribution in [2.75, 3.05) is 11.9 Å². The zero-order valence-electron chi connectivity index (χ0n) is 8.99. The van der Waals surface area contributed by atoms with E-state index in [1.54, 1.807) is 6.92 Å². The van der Waals surface area contributed by atoms with Crippen molar-refractivity contribution in [3.05, 3.63) is 33.6 Å². The number of nitro groups is 1. The monoisotopic (exact) mass is 239 g/mol. The number of hydrogen-bond acceptors (Lipinski definition) is 4. The number of rotatable bonds is 3. The Hall–Kier alpha value is -2.02. The number of halogens is 1. The summed E-state index contributed by atoms with van der Waals surface area (Å²) in [6.07, 6.45) is 0. The number of fused-ring (bicyclic) bond motifs is 1. The third-order valence-corrected chi connectivity index (χ3v) is 2.54. The highest BCUT2D eigenvalue weighted by molar-refractivity contribution is 6.04. The summed E-state index contributed by atoms with van der Waals surface area (Å²) in [5, 5.41) is 16.0. The number of nitrogens with one attached hydrogen (secondary N) is 2. The molecule has 1 unspecified atom stereocenters. The Kier molecular flexibility index (Phi) is 2.76. The molecular formula is C10H10FN3O3. The van der Waals surface area contributed by atoms with Gasteiger partial charge in [0.1, 0.15) is 17.5 Å². The zero-order valence-corrected chi connectivity index (χ0v) is 8.99. The maximum absolute atomic E-state index is 13.3. The quantitative estimate of drug-likeness (QED) is 0.615. The van der Waals surface area contributed by atoms with Gasteiger partial charge in [0.2, 0.25) is 5.91 Å². The maximum Gasteiger partial charge on any atom is 0.296 e. The number of benzene rings is 1. The maximum atomic E-state index is 13.3. The van der Waals surface area contributed by atoms with Crippen LogP contribution in [0.2, 0.25) is 0 Å². The average Bonchev–Trinajstić information content (AvgIpc) is 2.55. The van der Waals surface area contributed by atoms with Crippen molar-refractivity contribution in [2.45, 2.75) is 13.0 Å². The minimum absolute atomic E-state index is 0.0763. The molecule has 1 amide bonds. The molecule has 2 rings (SSSR count). The Labute approximate surface area is 96.0 Å². The number of carbonyl (C=O) groups excluding carboxylic acids is 1. The van der Waals surface area contributed by atoms with Gasteiger partial charge in [0.25, 0.3) is 5.69 Å². The molecule has 0 aromatic heterocycles. The van der Waals surface area contributed by atoms with E-state index in [0.29, 0.717) is 6.54 Å². The molecule has 0 spiro atoms. The Balaban J connectivity index is 2.56. The highest BCUT2D eigenvalue weighted by atomic mass is 19.1. The van der Waals surface area contributed by atoms with Crippen LogP contribution < -0.4 is 10.6 Å². The van der Waals surface area contributed by atoms with Crippen LogP contribution >= 0.6 is 0 Å². The molecular weight excluding hydrogens is 229 g/mol. The van der Waals surface area contributed by atoms with Crippen LogP contribution in [0.3, 0.4) is 0 Å². The number of nitrogens with zero attached hydrogens (tertiary/aromatic N) is 1. The van der Waals surface area contributed by atoms with Gasteiger partial charge in [0, 0.05) is 5.56 Å². The van der Waals surface area contributed by atoms with Crippen molar-refractivity contribution in [2.24, 2.45) is 0 Å². The molecule has 0 saturated heterocycles. The average molecular weight is 239 g/mol. The van der Waals surface area contributed by atoms with E-state index in [9.17, 15) is 19.3 Å². The third kappa shape index (κ3) is 1.84. The van der Waals surface area contributed by atoms with E-state index < -0.39 is 28.4 Å². The van der Waals surface area contributed by atoms with Crippen molar-refractivity contribution in [1.82, 2.24) is 5.32 Å². The standard InChI is InChI=1S/C10H10FN3O3/c1-2-12-9-6-3-5(11)4-7(14(16)17)8(6)13-10(9)15/h3-4,9,12H,2H2,1H3,(H,13,15). The van der Waals surface area contributed by atoms with E-state index in [-0.39, 0.29) is 11.3 Å². The van der Waals surface area contributed by atoms with Crippen molar-refractivity contribution < 1.29 is 14.1 Å². The van der Waals surface area contributed by atoms with Gasteiger partial charge < -0.3 is 10.6 Å². The fourth-order valence-electron chi connectivity index (χ4n) is 1.86. The number of carbonyl (C=O) groups is 1. The normalized spacial score (nSPS) is 17.8. The SMILES string of the molecule is CCNC1C(=O)Nc2c1cc(F)cc2[N+](=O)[O-]. The summed E-state index contributed by atoms with van der Waals surface area (Å²) >= 11 is 0. The molecule has 0 aliphatic carbocycles. The molecule has 6 nitrogen and oxygen atoms in total. The first-order valence-corrected chi connectivity index (χ1v) is 5.06. The van der Waals surface area contributed by atoms with Crippen molar-refractivity contribution in [3.63, 3.8) is 0 Å². The van der Waals surface area contributed by atoms with E-state index >= 15 is 0 Å². The van der Waals surface area contributed by atoms with Gasteiger partial charge >= 0.3 is 0 Å². The molecule has 1 aromatic rings. The highest BCUT2D eigenvalue weighted by Crippen LogP contribution is 2.38. The predicted octanol–water partition coefficient (Wildman–Crippen LogP) is 1.34. The molecule has 1 aromatic carbocycles. The second-order valence-corrected chi connectivity index (χ2v) is 3.63. The predicted molar refractivity (Wildman–Crippen MR) is 58.1 cm³/mol. The lowest BCUT2D eigenvalue weighted by atomic mass is 10.1. The second-order valence-electron chi connectivity index (χ2n) is 3.63. The van der Waals surface area contributed by atoms with Crippen LogP contribution in [0.5, 0.6) is 0 Å². The van der Waals surface area contributed by atoms with Crippen molar-refractivity contribution in [3.8, 4) is 0 Å². The largest absolute Gasteiger partial charge is 0.318 e. The number of amides is 1. The number of hydrogen-bond donors (Lipinski definition) is 2. The van der Waals surface area contributed by atoms with Gasteiger partial charge in [0.05, 0.1) is 11.0 Å². The van der Waals surface area contributed by atoms with Gasteiger partial charge in [-0.15, -0.1) is 0 Å². The Morgan fingerprint density at radius 1 is 1.59 bits per heavy atom. The van der Waals surface area contributed by atoms with Crippen molar-refractivity contribution in [1.29, 1.82) is 0 Å². The molecule has 1 heterocycles. The summed E-state index contributed by atoms with van der Waals surface area (Å²) < 4.78 is 13.3.